The molecule has 0 saturated heterocycles. The van der Waals surface area contributed by atoms with Gasteiger partial charge in [0.25, 0.3) is 0 Å². The van der Waals surface area contributed by atoms with E-state index in [1.54, 1.807) is 0 Å². The Bertz CT molecular complexity index is 696. The molecule has 3 rings (SSSR count). The van der Waals surface area contributed by atoms with Crippen LogP contribution in [0.15, 0.2) is 47.2 Å². The predicted octanol–water partition coefficient (Wildman–Crippen LogP) is 3.18. The van der Waals surface area contributed by atoms with Gasteiger partial charge in [0.2, 0.25) is 0 Å². The number of furan rings is 1. The molecular weight excluding hydrogens is 250 g/mol. The van der Waals surface area contributed by atoms with Crippen LogP contribution in [0.3, 0.4) is 0 Å². The average Bonchev–Trinajstić information content (AvgIpc) is 3.05. The lowest BCUT2D eigenvalue weighted by atomic mass is 10.2. The fraction of sp³-hybridized carbons (Fsp3) is 0.312. The van der Waals surface area contributed by atoms with Crippen LogP contribution in [0.1, 0.15) is 25.2 Å². The number of aromatic nitrogens is 2. The van der Waals surface area contributed by atoms with Gasteiger partial charge in [0, 0.05) is 23.5 Å². The van der Waals surface area contributed by atoms with E-state index in [9.17, 15) is 0 Å². The van der Waals surface area contributed by atoms with E-state index in [1.807, 2.05) is 29.3 Å². The maximum absolute atomic E-state index is 5.62. The van der Waals surface area contributed by atoms with Crippen LogP contribution in [0.5, 0.6) is 0 Å². The summed E-state index contributed by atoms with van der Waals surface area (Å²) in [6.45, 7) is 5.77. The summed E-state index contributed by atoms with van der Waals surface area (Å²) in [4.78, 5) is 0. The highest BCUT2D eigenvalue weighted by Gasteiger charge is 2.06. The van der Waals surface area contributed by atoms with Gasteiger partial charge in [-0.25, -0.2) is 0 Å². The van der Waals surface area contributed by atoms with Gasteiger partial charge in [-0.1, -0.05) is 32.0 Å². The molecule has 0 spiro atoms. The SMILES string of the molecule is CC(C)NCc1coc(Cn2ncc3ccccc32)c1. The van der Waals surface area contributed by atoms with Crippen molar-refractivity contribution in [1.82, 2.24) is 15.1 Å². The van der Waals surface area contributed by atoms with Crippen molar-refractivity contribution in [1.29, 1.82) is 0 Å². The Morgan fingerprint density at radius 2 is 2.15 bits per heavy atom. The third-order valence-electron chi connectivity index (χ3n) is 3.28. The molecule has 3 aromatic rings. The number of nitrogens with zero attached hydrogens (tertiary/aromatic N) is 2. The highest BCUT2D eigenvalue weighted by molar-refractivity contribution is 5.78. The largest absolute Gasteiger partial charge is 0.467 e. The molecule has 0 amide bonds. The van der Waals surface area contributed by atoms with Crippen molar-refractivity contribution in [2.75, 3.05) is 0 Å². The number of rotatable bonds is 5. The van der Waals surface area contributed by atoms with Gasteiger partial charge in [-0.15, -0.1) is 0 Å². The van der Waals surface area contributed by atoms with Crippen molar-refractivity contribution in [2.24, 2.45) is 0 Å². The summed E-state index contributed by atoms with van der Waals surface area (Å²) >= 11 is 0. The Labute approximate surface area is 118 Å². The molecule has 4 nitrogen and oxygen atoms in total. The van der Waals surface area contributed by atoms with E-state index in [0.717, 1.165) is 23.2 Å². The maximum Gasteiger partial charge on any atom is 0.125 e. The van der Waals surface area contributed by atoms with Crippen LogP contribution in [0.25, 0.3) is 10.9 Å². The molecule has 104 valence electrons. The summed E-state index contributed by atoms with van der Waals surface area (Å²) < 4.78 is 7.58. The number of benzene rings is 1. The van der Waals surface area contributed by atoms with E-state index >= 15 is 0 Å². The van der Waals surface area contributed by atoms with Gasteiger partial charge < -0.3 is 9.73 Å². The molecule has 1 N–H and O–H groups in total. The van der Waals surface area contributed by atoms with Crippen LogP contribution in [0.4, 0.5) is 0 Å². The third-order valence-corrected chi connectivity index (χ3v) is 3.28. The molecular formula is C16H19N3O. The average molecular weight is 269 g/mol. The van der Waals surface area contributed by atoms with Gasteiger partial charge in [0.05, 0.1) is 24.5 Å². The van der Waals surface area contributed by atoms with Gasteiger partial charge in [-0.3, -0.25) is 4.68 Å². The van der Waals surface area contributed by atoms with Gasteiger partial charge >= 0.3 is 0 Å². The topological polar surface area (TPSA) is 43.0 Å². The molecule has 1 aromatic carbocycles. The minimum atomic E-state index is 0.475. The highest BCUT2D eigenvalue weighted by Crippen LogP contribution is 2.16. The van der Waals surface area contributed by atoms with Gasteiger partial charge in [-0.2, -0.15) is 5.10 Å². The van der Waals surface area contributed by atoms with Crippen molar-refractivity contribution in [3.63, 3.8) is 0 Å². The highest BCUT2D eigenvalue weighted by atomic mass is 16.3. The van der Waals surface area contributed by atoms with E-state index < -0.39 is 0 Å². The Morgan fingerprint density at radius 1 is 1.30 bits per heavy atom. The Morgan fingerprint density at radius 3 is 3.00 bits per heavy atom. The molecule has 0 saturated carbocycles. The standard InChI is InChI=1S/C16H19N3O/c1-12(2)17-8-13-7-15(20-11-13)10-19-16-6-4-3-5-14(16)9-18-19/h3-7,9,11-12,17H,8,10H2,1-2H3. The monoisotopic (exact) mass is 269 g/mol. The fourth-order valence-corrected chi connectivity index (χ4v) is 2.22. The molecule has 0 radical (unpaired) electrons. The van der Waals surface area contributed by atoms with E-state index in [-0.39, 0.29) is 0 Å². The van der Waals surface area contributed by atoms with Crippen LogP contribution in [0, 0.1) is 0 Å². The Hall–Kier alpha value is -2.07. The summed E-state index contributed by atoms with van der Waals surface area (Å²) in [5, 5.41) is 8.95. The molecule has 0 aliphatic rings. The first-order valence-electron chi connectivity index (χ1n) is 6.92. The molecule has 0 bridgehead atoms. The lowest BCUT2D eigenvalue weighted by Crippen LogP contribution is -2.21. The molecule has 0 aliphatic heterocycles. The number of fused-ring (bicyclic) bond motifs is 1. The third kappa shape index (κ3) is 2.75. The lowest BCUT2D eigenvalue weighted by Gasteiger charge is -2.04. The van der Waals surface area contributed by atoms with Crippen LogP contribution in [-0.4, -0.2) is 15.8 Å². The second-order valence-electron chi connectivity index (χ2n) is 5.32. The maximum atomic E-state index is 5.62. The summed E-state index contributed by atoms with van der Waals surface area (Å²) in [6.07, 6.45) is 3.70. The van der Waals surface area contributed by atoms with Crippen molar-refractivity contribution in [3.05, 3.63) is 54.1 Å². The molecule has 0 unspecified atom stereocenters. The Kier molecular flexibility index (Phi) is 3.56. The molecule has 2 heterocycles. The summed E-state index contributed by atoms with van der Waals surface area (Å²) in [7, 11) is 0. The lowest BCUT2D eigenvalue weighted by molar-refractivity contribution is 0.481. The van der Waals surface area contributed by atoms with E-state index in [2.05, 4.69) is 42.5 Å². The first-order valence-corrected chi connectivity index (χ1v) is 6.92. The number of nitrogens with one attached hydrogen (secondary N) is 1. The second kappa shape index (κ2) is 5.51. The quantitative estimate of drug-likeness (QED) is 0.773. The van der Waals surface area contributed by atoms with Crippen molar-refractivity contribution in [3.8, 4) is 0 Å². The van der Waals surface area contributed by atoms with Crippen LogP contribution >= 0.6 is 0 Å². The second-order valence-corrected chi connectivity index (χ2v) is 5.32. The normalized spacial score (nSPS) is 11.6. The molecule has 0 fully saturated rings. The van der Waals surface area contributed by atoms with Crippen molar-refractivity contribution in [2.45, 2.75) is 33.0 Å². The molecule has 0 atom stereocenters. The summed E-state index contributed by atoms with van der Waals surface area (Å²) in [5.74, 6) is 0.930. The van der Waals surface area contributed by atoms with Gasteiger partial charge in [0.15, 0.2) is 0 Å². The minimum Gasteiger partial charge on any atom is -0.467 e. The number of hydrogen-bond acceptors (Lipinski definition) is 3. The molecule has 0 aliphatic carbocycles. The molecule has 2 aromatic heterocycles. The van der Waals surface area contributed by atoms with E-state index in [1.165, 1.54) is 5.56 Å². The van der Waals surface area contributed by atoms with Crippen LogP contribution in [-0.2, 0) is 13.1 Å². The first kappa shape index (κ1) is 12.9. The summed E-state index contributed by atoms with van der Waals surface area (Å²) in [5.41, 5.74) is 2.30. The zero-order valence-electron chi connectivity index (χ0n) is 11.8. The zero-order chi connectivity index (χ0) is 13.9. The van der Waals surface area contributed by atoms with Crippen molar-refractivity contribution < 1.29 is 4.42 Å². The number of hydrogen-bond donors (Lipinski definition) is 1. The zero-order valence-corrected chi connectivity index (χ0v) is 11.8. The van der Waals surface area contributed by atoms with Gasteiger partial charge in [0.1, 0.15) is 5.76 Å². The predicted molar refractivity (Wildman–Crippen MR) is 79.5 cm³/mol. The van der Waals surface area contributed by atoms with Crippen LogP contribution < -0.4 is 5.32 Å². The molecule has 4 heteroatoms. The smallest absolute Gasteiger partial charge is 0.125 e. The van der Waals surface area contributed by atoms with E-state index in [4.69, 9.17) is 4.42 Å². The fourth-order valence-electron chi connectivity index (χ4n) is 2.22. The van der Waals surface area contributed by atoms with Gasteiger partial charge in [-0.05, 0) is 12.1 Å². The molecule has 20 heavy (non-hydrogen) atoms. The van der Waals surface area contributed by atoms with Crippen molar-refractivity contribution >= 4 is 10.9 Å². The Balaban J connectivity index is 1.74. The minimum absolute atomic E-state index is 0.475. The van der Waals surface area contributed by atoms with E-state index in [0.29, 0.717) is 12.6 Å². The van der Waals surface area contributed by atoms with Crippen LogP contribution in [0.2, 0.25) is 0 Å². The summed E-state index contributed by atoms with van der Waals surface area (Å²) in [6, 6.07) is 10.8. The first-order chi connectivity index (χ1) is 9.72. The number of para-hydroxylation sites is 1.